The minimum atomic E-state index is 0.579. The standard InChI is InChI=1S/C90H64N6/c1-54-23-43-82-73(47-54)74-48-55(2)24-44-83(74)95(82)67-35-27-60(28-36-67)86-77(53-91)87(64-51-58(5)92-59(6)52-64)89(62-31-39-68(40-32-62)96-84-45-25-56(3)49-75(84)76-50-57(4)26-46-85(76)96)90(63-33-41-66(42-34-63)94-80-21-13-9-17-71(80)72-18-10-14-22-81(72)94)88(86)61-29-37-65(38-30-61)93-78-19-11-7-15-69(78)70-16-8-12-20-79(70)93/h7-52H,1-6H3. The summed E-state index contributed by atoms with van der Waals surface area (Å²) in [6.45, 7) is 12.8. The second kappa shape index (κ2) is 21.9. The fourth-order valence-electron chi connectivity index (χ4n) is 15.9. The highest BCUT2D eigenvalue weighted by Gasteiger charge is 2.30. The third-order valence-electron chi connectivity index (χ3n) is 20.0. The van der Waals surface area contributed by atoms with Crippen LogP contribution in [0.2, 0.25) is 0 Å². The van der Waals surface area contributed by atoms with Gasteiger partial charge in [-0.3, -0.25) is 4.98 Å². The molecule has 0 fully saturated rings. The maximum absolute atomic E-state index is 12.6. The van der Waals surface area contributed by atoms with E-state index in [1.165, 1.54) is 65.3 Å². The lowest BCUT2D eigenvalue weighted by Crippen LogP contribution is -2.04. The fraction of sp³-hybridized carbons (Fsp3) is 0.0667. The highest BCUT2D eigenvalue weighted by molar-refractivity contribution is 6.15. The van der Waals surface area contributed by atoms with E-state index in [0.29, 0.717) is 5.56 Å². The molecule has 5 heterocycles. The monoisotopic (exact) mass is 1230 g/mol. The zero-order valence-corrected chi connectivity index (χ0v) is 54.2. The molecule has 18 aromatic rings. The maximum atomic E-state index is 12.6. The van der Waals surface area contributed by atoms with Crippen molar-refractivity contribution >= 4 is 87.2 Å². The molecule has 0 saturated heterocycles. The predicted octanol–water partition coefficient (Wildman–Crippen LogP) is 23.5. The first-order valence-corrected chi connectivity index (χ1v) is 33.1. The Balaban J connectivity index is 0.948. The molecule has 6 nitrogen and oxygen atoms in total. The number of aryl methyl sites for hydroxylation is 6. The van der Waals surface area contributed by atoms with E-state index in [1.54, 1.807) is 0 Å². The molecule has 0 N–H and O–H groups in total. The van der Waals surface area contributed by atoms with Gasteiger partial charge in [-0.1, -0.05) is 168 Å². The van der Waals surface area contributed by atoms with Crippen molar-refractivity contribution in [3.63, 3.8) is 0 Å². The molecule has 0 atom stereocenters. The van der Waals surface area contributed by atoms with Gasteiger partial charge in [-0.2, -0.15) is 5.26 Å². The molecule has 454 valence electrons. The van der Waals surface area contributed by atoms with Crippen LogP contribution in [-0.2, 0) is 0 Å². The highest BCUT2D eigenvalue weighted by Crippen LogP contribution is 2.54. The summed E-state index contributed by atoms with van der Waals surface area (Å²) >= 11 is 0. The van der Waals surface area contributed by atoms with Crippen molar-refractivity contribution < 1.29 is 0 Å². The van der Waals surface area contributed by atoms with Gasteiger partial charge in [-0.15, -0.1) is 0 Å². The van der Waals surface area contributed by atoms with Crippen LogP contribution in [0.15, 0.2) is 279 Å². The lowest BCUT2D eigenvalue weighted by Gasteiger charge is -2.27. The molecule has 18 rings (SSSR count). The molecule has 0 aliphatic heterocycles. The predicted molar refractivity (Wildman–Crippen MR) is 402 cm³/mol. The van der Waals surface area contributed by atoms with Crippen molar-refractivity contribution in [2.45, 2.75) is 41.5 Å². The second-order valence-electron chi connectivity index (χ2n) is 26.2. The maximum Gasteiger partial charge on any atom is 0.100 e. The van der Waals surface area contributed by atoms with E-state index in [0.717, 1.165) is 134 Å². The Bertz CT molecular complexity index is 6050. The van der Waals surface area contributed by atoms with Crippen LogP contribution in [0.3, 0.4) is 0 Å². The number of hydrogen-bond acceptors (Lipinski definition) is 2. The summed E-state index contributed by atoms with van der Waals surface area (Å²) < 4.78 is 9.55. The van der Waals surface area contributed by atoms with E-state index in [-0.39, 0.29) is 0 Å². The zero-order valence-electron chi connectivity index (χ0n) is 54.2. The molecular weight excluding hydrogens is 1170 g/mol. The van der Waals surface area contributed by atoms with E-state index >= 15 is 0 Å². The largest absolute Gasteiger partial charge is 0.309 e. The van der Waals surface area contributed by atoms with E-state index in [9.17, 15) is 5.26 Å². The first kappa shape index (κ1) is 56.5. The van der Waals surface area contributed by atoms with E-state index in [2.05, 4.69) is 345 Å². The minimum absolute atomic E-state index is 0.579. The van der Waals surface area contributed by atoms with Crippen molar-refractivity contribution in [3.8, 4) is 84.5 Å². The average Bonchev–Trinajstić information content (AvgIpc) is 1.07. The van der Waals surface area contributed by atoms with Crippen LogP contribution >= 0.6 is 0 Å². The number of rotatable bonds is 9. The van der Waals surface area contributed by atoms with Gasteiger partial charge in [0.25, 0.3) is 0 Å². The van der Waals surface area contributed by atoms with Crippen molar-refractivity contribution in [2.24, 2.45) is 0 Å². The van der Waals surface area contributed by atoms with Gasteiger partial charge in [0.05, 0.1) is 49.7 Å². The summed E-state index contributed by atoms with van der Waals surface area (Å²) in [7, 11) is 0. The van der Waals surface area contributed by atoms with Gasteiger partial charge in [0.1, 0.15) is 6.07 Å². The molecule has 0 amide bonds. The van der Waals surface area contributed by atoms with Gasteiger partial charge in [-0.05, 0) is 220 Å². The highest BCUT2D eigenvalue weighted by atomic mass is 15.0. The van der Waals surface area contributed by atoms with E-state index < -0.39 is 0 Å². The van der Waals surface area contributed by atoms with Gasteiger partial charge < -0.3 is 18.3 Å². The molecule has 5 aromatic heterocycles. The van der Waals surface area contributed by atoms with Gasteiger partial charge in [0, 0.05) is 88.4 Å². The Labute approximate surface area is 556 Å². The molecule has 0 bridgehead atoms. The van der Waals surface area contributed by atoms with Crippen LogP contribution in [0.4, 0.5) is 0 Å². The van der Waals surface area contributed by atoms with Crippen LogP contribution < -0.4 is 0 Å². The molecule has 0 aliphatic carbocycles. The summed E-state index contributed by atoms with van der Waals surface area (Å²) in [5.74, 6) is 0. The van der Waals surface area contributed by atoms with Gasteiger partial charge >= 0.3 is 0 Å². The number of aromatic nitrogens is 5. The molecule has 96 heavy (non-hydrogen) atoms. The summed E-state index contributed by atoms with van der Waals surface area (Å²) in [4.78, 5) is 4.98. The van der Waals surface area contributed by atoms with Crippen LogP contribution in [0.1, 0.15) is 39.2 Å². The number of hydrogen-bond donors (Lipinski definition) is 0. The molecule has 0 aliphatic rings. The topological polar surface area (TPSA) is 56.4 Å². The first-order chi connectivity index (χ1) is 47.0. The lowest BCUT2D eigenvalue weighted by molar-refractivity contribution is 1.12. The van der Waals surface area contributed by atoms with Gasteiger partial charge in [0.2, 0.25) is 0 Å². The van der Waals surface area contributed by atoms with Crippen molar-refractivity contribution in [1.82, 2.24) is 23.3 Å². The van der Waals surface area contributed by atoms with Gasteiger partial charge in [-0.25, -0.2) is 0 Å². The Hall–Kier alpha value is -12.3. The van der Waals surface area contributed by atoms with Crippen LogP contribution in [0.25, 0.3) is 166 Å². The molecule has 0 saturated carbocycles. The zero-order chi connectivity index (χ0) is 64.6. The molecular formula is C90H64N6. The summed E-state index contributed by atoms with van der Waals surface area (Å²) in [5.41, 5.74) is 30.0. The number of benzene rings is 13. The number of fused-ring (bicyclic) bond motifs is 12. The molecule has 6 heteroatoms. The summed E-state index contributed by atoms with van der Waals surface area (Å²) in [5, 5.41) is 22.3. The third-order valence-corrected chi connectivity index (χ3v) is 20.0. The second-order valence-corrected chi connectivity index (χ2v) is 26.2. The summed E-state index contributed by atoms with van der Waals surface area (Å²) in [6.07, 6.45) is 0. The molecule has 0 spiro atoms. The summed E-state index contributed by atoms with van der Waals surface area (Å²) in [6, 6.07) is 106. The minimum Gasteiger partial charge on any atom is -0.309 e. The van der Waals surface area contributed by atoms with Gasteiger partial charge in [0.15, 0.2) is 0 Å². The SMILES string of the molecule is Cc1ccc2c(c1)c1cc(C)ccc1n2-c1ccc(-c2c(C#N)c(-c3cc(C)nc(C)c3)c(-c3ccc(-n4c5ccc(C)cc5c5cc(C)ccc54)cc3)c(-c3ccc(-n4c5ccccc5c5ccccc54)cc3)c2-c2ccc(-n3c4ccccc4c4ccccc43)cc2)cc1. The average molecular weight is 1230 g/mol. The Morgan fingerprint density at radius 1 is 0.240 bits per heavy atom. The molecule has 0 unspecified atom stereocenters. The quantitative estimate of drug-likeness (QED) is 0.145. The number of nitriles is 1. The van der Waals surface area contributed by atoms with Crippen LogP contribution in [-0.4, -0.2) is 23.3 Å². The first-order valence-electron chi connectivity index (χ1n) is 33.1. The van der Waals surface area contributed by atoms with E-state index in [4.69, 9.17) is 4.98 Å². The Morgan fingerprint density at radius 2 is 0.479 bits per heavy atom. The lowest BCUT2D eigenvalue weighted by atomic mass is 9.75. The fourth-order valence-corrected chi connectivity index (χ4v) is 15.9. The van der Waals surface area contributed by atoms with Crippen LogP contribution in [0, 0.1) is 52.9 Å². The number of pyridine rings is 1. The van der Waals surface area contributed by atoms with Crippen molar-refractivity contribution in [3.05, 3.63) is 318 Å². The Morgan fingerprint density at radius 3 is 0.760 bits per heavy atom. The normalized spacial score (nSPS) is 11.8. The van der Waals surface area contributed by atoms with Crippen LogP contribution in [0.5, 0.6) is 0 Å². The van der Waals surface area contributed by atoms with Crippen molar-refractivity contribution in [2.75, 3.05) is 0 Å². The molecule has 0 radical (unpaired) electrons. The Kier molecular flexibility index (Phi) is 12.9. The number of nitrogens with zero attached hydrogens (tertiary/aromatic N) is 6. The molecule has 13 aromatic carbocycles. The third kappa shape index (κ3) is 8.81. The number of para-hydroxylation sites is 4. The smallest absolute Gasteiger partial charge is 0.100 e. The van der Waals surface area contributed by atoms with E-state index in [1.807, 2.05) is 0 Å². The van der Waals surface area contributed by atoms with Crippen molar-refractivity contribution in [1.29, 1.82) is 5.26 Å².